The van der Waals surface area contributed by atoms with Crippen LogP contribution in [0.4, 0.5) is 0 Å². The van der Waals surface area contributed by atoms with Crippen LogP contribution in [0.1, 0.15) is 18.9 Å². The van der Waals surface area contributed by atoms with Gasteiger partial charge in [-0.3, -0.25) is 0 Å². The Kier molecular flexibility index (Phi) is 4.63. The molecule has 0 unspecified atom stereocenters. The number of nitrogens with one attached hydrogen (secondary N) is 1. The highest BCUT2D eigenvalue weighted by Gasteiger charge is 2.18. The van der Waals surface area contributed by atoms with Crippen LogP contribution in [0, 0.1) is 11.3 Å². The number of aliphatic hydroxyl groups excluding tert-OH is 1. The molecule has 0 amide bonds. The molecule has 1 rings (SSSR count). The number of rotatable bonds is 5. The second-order valence-corrected chi connectivity index (χ2v) is 5.26. The SMILES string of the molecule is CC[C@@H](CO)NS(=O)(=O)c1cccc(C#N)c1. The summed E-state index contributed by atoms with van der Waals surface area (Å²) in [6.45, 7) is 1.52. The Hall–Kier alpha value is -1.42. The van der Waals surface area contributed by atoms with E-state index in [0.717, 1.165) is 0 Å². The summed E-state index contributed by atoms with van der Waals surface area (Å²) in [7, 11) is -3.68. The number of aliphatic hydroxyl groups is 1. The van der Waals surface area contributed by atoms with Gasteiger partial charge in [0.15, 0.2) is 0 Å². The molecule has 0 aromatic heterocycles. The van der Waals surface area contributed by atoms with E-state index >= 15 is 0 Å². The smallest absolute Gasteiger partial charge is 0.240 e. The predicted molar refractivity (Wildman–Crippen MR) is 62.6 cm³/mol. The summed E-state index contributed by atoms with van der Waals surface area (Å²) in [5.74, 6) is 0. The largest absolute Gasteiger partial charge is 0.395 e. The monoisotopic (exact) mass is 254 g/mol. The van der Waals surface area contributed by atoms with Crippen LogP contribution in [0.15, 0.2) is 29.2 Å². The van der Waals surface area contributed by atoms with E-state index in [1.54, 1.807) is 6.92 Å². The molecule has 0 radical (unpaired) electrons. The normalized spacial score (nSPS) is 13.0. The van der Waals surface area contributed by atoms with E-state index in [0.29, 0.717) is 6.42 Å². The second-order valence-electron chi connectivity index (χ2n) is 3.55. The van der Waals surface area contributed by atoms with Crippen LogP contribution in [-0.4, -0.2) is 26.2 Å². The molecule has 6 heteroatoms. The summed E-state index contributed by atoms with van der Waals surface area (Å²) < 4.78 is 26.2. The third-order valence-corrected chi connectivity index (χ3v) is 3.83. The van der Waals surface area contributed by atoms with Gasteiger partial charge in [0.25, 0.3) is 0 Å². The Morgan fingerprint density at radius 1 is 1.53 bits per heavy atom. The lowest BCUT2D eigenvalue weighted by Crippen LogP contribution is -2.36. The average molecular weight is 254 g/mol. The highest BCUT2D eigenvalue weighted by Crippen LogP contribution is 2.11. The molecule has 17 heavy (non-hydrogen) atoms. The summed E-state index contributed by atoms with van der Waals surface area (Å²) in [5, 5.41) is 17.7. The van der Waals surface area contributed by atoms with Crippen molar-refractivity contribution >= 4 is 10.0 Å². The molecule has 1 aromatic carbocycles. The van der Waals surface area contributed by atoms with Crippen LogP contribution in [0.2, 0.25) is 0 Å². The Bertz CT molecular complexity index is 516. The molecule has 92 valence electrons. The topological polar surface area (TPSA) is 90.2 Å². The van der Waals surface area contributed by atoms with Gasteiger partial charge in [0, 0.05) is 6.04 Å². The van der Waals surface area contributed by atoms with Crippen molar-refractivity contribution in [2.24, 2.45) is 0 Å². The molecule has 1 aromatic rings. The number of hydrogen-bond acceptors (Lipinski definition) is 4. The third-order valence-electron chi connectivity index (χ3n) is 2.31. The zero-order valence-electron chi connectivity index (χ0n) is 9.42. The minimum atomic E-state index is -3.68. The molecule has 0 bridgehead atoms. The minimum absolute atomic E-state index is 0.0310. The molecule has 0 saturated carbocycles. The Morgan fingerprint density at radius 2 is 2.24 bits per heavy atom. The highest BCUT2D eigenvalue weighted by atomic mass is 32.2. The standard InChI is InChI=1S/C11H14N2O3S/c1-2-10(8-14)13-17(15,16)11-5-3-4-9(6-11)7-12/h3-6,10,13-14H,2,8H2,1H3/t10-/m0/s1. The van der Waals surface area contributed by atoms with Crippen LogP contribution < -0.4 is 4.72 Å². The summed E-state index contributed by atoms with van der Waals surface area (Å²) in [6, 6.07) is 7.12. The van der Waals surface area contributed by atoms with Crippen LogP contribution in [0.3, 0.4) is 0 Å². The highest BCUT2D eigenvalue weighted by molar-refractivity contribution is 7.89. The van der Waals surface area contributed by atoms with Crippen molar-refractivity contribution in [2.75, 3.05) is 6.61 Å². The zero-order valence-corrected chi connectivity index (χ0v) is 10.2. The van der Waals surface area contributed by atoms with E-state index in [-0.39, 0.29) is 17.1 Å². The number of nitrogens with zero attached hydrogens (tertiary/aromatic N) is 1. The molecule has 0 saturated heterocycles. The molecule has 5 nitrogen and oxygen atoms in total. The number of hydrogen-bond donors (Lipinski definition) is 2. The number of sulfonamides is 1. The molecule has 0 aliphatic heterocycles. The van der Waals surface area contributed by atoms with Crippen LogP contribution in [0.25, 0.3) is 0 Å². The Balaban J connectivity index is 3.01. The van der Waals surface area contributed by atoms with Gasteiger partial charge in [0.1, 0.15) is 0 Å². The molecular formula is C11H14N2O3S. The van der Waals surface area contributed by atoms with Gasteiger partial charge in [0.2, 0.25) is 10.0 Å². The van der Waals surface area contributed by atoms with Gasteiger partial charge in [-0.2, -0.15) is 5.26 Å². The predicted octanol–water partition coefficient (Wildman–Crippen LogP) is 0.607. The van der Waals surface area contributed by atoms with Crippen LogP contribution in [-0.2, 0) is 10.0 Å². The first-order valence-electron chi connectivity index (χ1n) is 5.17. The van der Waals surface area contributed by atoms with Crippen molar-refractivity contribution in [2.45, 2.75) is 24.3 Å². The van der Waals surface area contributed by atoms with Crippen LogP contribution >= 0.6 is 0 Å². The van der Waals surface area contributed by atoms with E-state index in [1.807, 2.05) is 6.07 Å². The fourth-order valence-electron chi connectivity index (χ4n) is 1.27. The maximum Gasteiger partial charge on any atom is 0.240 e. The van der Waals surface area contributed by atoms with Gasteiger partial charge in [0.05, 0.1) is 23.1 Å². The van der Waals surface area contributed by atoms with Crippen molar-refractivity contribution in [3.63, 3.8) is 0 Å². The van der Waals surface area contributed by atoms with Gasteiger partial charge in [-0.25, -0.2) is 13.1 Å². The lowest BCUT2D eigenvalue weighted by Gasteiger charge is -2.14. The summed E-state index contributed by atoms with van der Waals surface area (Å²) in [6.07, 6.45) is 0.494. The van der Waals surface area contributed by atoms with Crippen molar-refractivity contribution in [3.8, 4) is 6.07 Å². The Labute approximate surface area is 101 Å². The molecular weight excluding hydrogens is 240 g/mol. The van der Waals surface area contributed by atoms with E-state index < -0.39 is 16.1 Å². The Morgan fingerprint density at radius 3 is 2.76 bits per heavy atom. The fraction of sp³-hybridized carbons (Fsp3) is 0.364. The van der Waals surface area contributed by atoms with Gasteiger partial charge in [-0.1, -0.05) is 13.0 Å². The average Bonchev–Trinajstić information content (AvgIpc) is 2.36. The lowest BCUT2D eigenvalue weighted by molar-refractivity contribution is 0.254. The number of nitriles is 1. The van der Waals surface area contributed by atoms with Gasteiger partial charge in [-0.15, -0.1) is 0 Å². The summed E-state index contributed by atoms with van der Waals surface area (Å²) in [4.78, 5) is 0.0310. The van der Waals surface area contributed by atoms with Crippen molar-refractivity contribution < 1.29 is 13.5 Å². The molecule has 0 heterocycles. The van der Waals surface area contributed by atoms with Crippen LogP contribution in [0.5, 0.6) is 0 Å². The molecule has 2 N–H and O–H groups in total. The first-order valence-corrected chi connectivity index (χ1v) is 6.65. The third kappa shape index (κ3) is 3.53. The molecule has 1 atom stereocenters. The van der Waals surface area contributed by atoms with Gasteiger partial charge >= 0.3 is 0 Å². The van der Waals surface area contributed by atoms with Crippen molar-refractivity contribution in [3.05, 3.63) is 29.8 Å². The van der Waals surface area contributed by atoms with Gasteiger partial charge < -0.3 is 5.11 Å². The first kappa shape index (κ1) is 13.6. The summed E-state index contributed by atoms with van der Waals surface area (Å²) >= 11 is 0. The van der Waals surface area contributed by atoms with E-state index in [4.69, 9.17) is 10.4 Å². The van der Waals surface area contributed by atoms with E-state index in [1.165, 1.54) is 24.3 Å². The maximum atomic E-state index is 11.9. The van der Waals surface area contributed by atoms with Gasteiger partial charge in [-0.05, 0) is 24.6 Å². The quantitative estimate of drug-likeness (QED) is 0.805. The van der Waals surface area contributed by atoms with Crippen molar-refractivity contribution in [1.82, 2.24) is 4.72 Å². The number of benzene rings is 1. The summed E-state index contributed by atoms with van der Waals surface area (Å²) in [5.41, 5.74) is 0.282. The van der Waals surface area contributed by atoms with E-state index in [9.17, 15) is 8.42 Å². The minimum Gasteiger partial charge on any atom is -0.395 e. The zero-order chi connectivity index (χ0) is 12.9. The fourth-order valence-corrected chi connectivity index (χ4v) is 2.63. The van der Waals surface area contributed by atoms with Crippen molar-refractivity contribution in [1.29, 1.82) is 5.26 Å². The maximum absolute atomic E-state index is 11.9. The molecule has 0 aliphatic rings. The van der Waals surface area contributed by atoms with E-state index in [2.05, 4.69) is 4.72 Å². The molecule has 0 fully saturated rings. The first-order chi connectivity index (χ1) is 8.03. The molecule has 0 spiro atoms. The molecule has 0 aliphatic carbocycles. The lowest BCUT2D eigenvalue weighted by atomic mass is 10.2. The second kappa shape index (κ2) is 5.77.